The molecule has 0 bridgehead atoms. The highest BCUT2D eigenvalue weighted by molar-refractivity contribution is 7.92. The van der Waals surface area contributed by atoms with Gasteiger partial charge < -0.3 is 15.0 Å². The second-order valence-electron chi connectivity index (χ2n) is 11.2. The summed E-state index contributed by atoms with van der Waals surface area (Å²) in [6.07, 6.45) is 0.914. The maximum absolute atomic E-state index is 14.6. The number of anilines is 1. The number of carbonyl (C=O) groups is 2. The number of hydrogen-bond donors (Lipinski definition) is 1. The molecular formula is C36H40ClN3O5S. The molecule has 0 saturated carbocycles. The summed E-state index contributed by atoms with van der Waals surface area (Å²) >= 11 is 6.32. The van der Waals surface area contributed by atoms with Crippen molar-refractivity contribution in [3.8, 4) is 5.75 Å². The number of aryl methyl sites for hydroxylation is 1. The second kappa shape index (κ2) is 15.8. The van der Waals surface area contributed by atoms with Crippen molar-refractivity contribution < 1.29 is 22.7 Å². The summed E-state index contributed by atoms with van der Waals surface area (Å²) in [7, 11) is -2.81. The van der Waals surface area contributed by atoms with Crippen LogP contribution in [0.25, 0.3) is 0 Å². The van der Waals surface area contributed by atoms with Crippen LogP contribution in [0.15, 0.2) is 108 Å². The Hall–Kier alpha value is -4.34. The van der Waals surface area contributed by atoms with E-state index < -0.39 is 28.5 Å². The molecule has 2 amide bonds. The molecule has 0 aliphatic carbocycles. The molecule has 10 heteroatoms. The monoisotopic (exact) mass is 661 g/mol. The van der Waals surface area contributed by atoms with Crippen LogP contribution >= 0.6 is 11.6 Å². The Morgan fingerprint density at radius 2 is 1.54 bits per heavy atom. The second-order valence-corrected chi connectivity index (χ2v) is 13.5. The molecule has 0 unspecified atom stereocenters. The number of hydrogen-bond acceptors (Lipinski definition) is 5. The number of sulfonamides is 1. The Morgan fingerprint density at radius 1 is 0.891 bits per heavy atom. The van der Waals surface area contributed by atoms with Gasteiger partial charge in [-0.05, 0) is 73.4 Å². The molecule has 46 heavy (non-hydrogen) atoms. The highest BCUT2D eigenvalue weighted by Crippen LogP contribution is 2.34. The molecule has 1 N–H and O–H groups in total. The van der Waals surface area contributed by atoms with Crippen molar-refractivity contribution in [3.05, 3.63) is 125 Å². The van der Waals surface area contributed by atoms with E-state index >= 15 is 0 Å². The van der Waals surface area contributed by atoms with Gasteiger partial charge in [-0.25, -0.2) is 8.42 Å². The summed E-state index contributed by atoms with van der Waals surface area (Å²) in [6, 6.07) is 28.5. The fraction of sp³-hybridized carbons (Fsp3) is 0.278. The summed E-state index contributed by atoms with van der Waals surface area (Å²) in [5.41, 5.74) is 2.54. The summed E-state index contributed by atoms with van der Waals surface area (Å²) in [6.45, 7) is 5.14. The first kappa shape index (κ1) is 34.5. The standard InChI is InChI=1S/C36H40ClN3O5S/c1-5-27(3)38-36(42)33(23-28-13-8-6-9-14-28)39(24-29-15-12-16-30(37)22-29)35(41)25-40(32-21-26(2)19-20-34(32)45-4)46(43,44)31-17-10-7-11-18-31/h6-22,27,33H,5,23-25H2,1-4H3,(H,38,42)/t27-,33+/m1/s1. The number of carbonyl (C=O) groups excluding carboxylic acids is 2. The van der Waals surface area contributed by atoms with E-state index in [0.717, 1.165) is 15.4 Å². The van der Waals surface area contributed by atoms with Crippen LogP contribution in [-0.2, 0) is 32.6 Å². The summed E-state index contributed by atoms with van der Waals surface area (Å²) < 4.78 is 35.1. The number of methoxy groups -OCH3 is 1. The maximum atomic E-state index is 14.6. The molecule has 0 saturated heterocycles. The Balaban J connectivity index is 1.85. The third-order valence-corrected chi connectivity index (χ3v) is 9.74. The fourth-order valence-electron chi connectivity index (χ4n) is 5.06. The van der Waals surface area contributed by atoms with Crippen molar-refractivity contribution in [1.29, 1.82) is 0 Å². The van der Waals surface area contributed by atoms with Crippen molar-refractivity contribution in [2.24, 2.45) is 0 Å². The third kappa shape index (κ3) is 8.68. The molecule has 242 valence electrons. The molecule has 0 spiro atoms. The zero-order valence-corrected chi connectivity index (χ0v) is 28.1. The lowest BCUT2D eigenvalue weighted by Crippen LogP contribution is -2.54. The van der Waals surface area contributed by atoms with E-state index in [-0.39, 0.29) is 41.2 Å². The number of nitrogens with zero attached hydrogens (tertiary/aromatic N) is 2. The molecule has 4 rings (SSSR count). The summed E-state index contributed by atoms with van der Waals surface area (Å²) in [5.74, 6) is -0.614. The molecular weight excluding hydrogens is 622 g/mol. The van der Waals surface area contributed by atoms with Crippen LogP contribution in [0.3, 0.4) is 0 Å². The normalized spacial score (nSPS) is 12.5. The van der Waals surface area contributed by atoms with Gasteiger partial charge in [-0.1, -0.05) is 85.3 Å². The predicted molar refractivity (Wildman–Crippen MR) is 183 cm³/mol. The molecule has 0 heterocycles. The molecule has 0 aromatic heterocycles. The van der Waals surface area contributed by atoms with Gasteiger partial charge in [0.05, 0.1) is 17.7 Å². The Kier molecular flexibility index (Phi) is 11.8. The molecule has 4 aromatic carbocycles. The third-order valence-electron chi connectivity index (χ3n) is 7.73. The number of rotatable bonds is 14. The van der Waals surface area contributed by atoms with E-state index in [0.29, 0.717) is 17.0 Å². The predicted octanol–water partition coefficient (Wildman–Crippen LogP) is 6.41. The average molecular weight is 662 g/mol. The van der Waals surface area contributed by atoms with E-state index in [4.69, 9.17) is 16.3 Å². The zero-order valence-electron chi connectivity index (χ0n) is 26.5. The van der Waals surface area contributed by atoms with E-state index in [1.165, 1.54) is 24.1 Å². The molecule has 0 fully saturated rings. The van der Waals surface area contributed by atoms with Gasteiger partial charge in [0.2, 0.25) is 11.8 Å². The number of halogens is 1. The summed E-state index contributed by atoms with van der Waals surface area (Å²) in [5, 5.41) is 3.52. The SMILES string of the molecule is CC[C@@H](C)NC(=O)[C@H](Cc1ccccc1)N(Cc1cccc(Cl)c1)C(=O)CN(c1cc(C)ccc1OC)S(=O)(=O)c1ccccc1. The quantitative estimate of drug-likeness (QED) is 0.169. The van der Waals surface area contributed by atoms with Crippen LogP contribution in [0.4, 0.5) is 5.69 Å². The molecule has 0 aliphatic heterocycles. The van der Waals surface area contributed by atoms with E-state index in [9.17, 15) is 18.0 Å². The topological polar surface area (TPSA) is 96.0 Å². The zero-order chi connectivity index (χ0) is 33.3. The largest absolute Gasteiger partial charge is 0.495 e. The van der Waals surface area contributed by atoms with Gasteiger partial charge in [-0.15, -0.1) is 0 Å². The van der Waals surface area contributed by atoms with Crippen molar-refractivity contribution in [2.75, 3.05) is 18.0 Å². The van der Waals surface area contributed by atoms with Gasteiger partial charge in [0.25, 0.3) is 10.0 Å². The highest BCUT2D eigenvalue weighted by Gasteiger charge is 2.36. The van der Waals surface area contributed by atoms with Gasteiger partial charge in [0.15, 0.2) is 0 Å². The van der Waals surface area contributed by atoms with Gasteiger partial charge >= 0.3 is 0 Å². The van der Waals surface area contributed by atoms with E-state index in [1.807, 2.05) is 57.2 Å². The van der Waals surface area contributed by atoms with Crippen LogP contribution in [0.2, 0.25) is 5.02 Å². The lowest BCUT2D eigenvalue weighted by molar-refractivity contribution is -0.140. The van der Waals surface area contributed by atoms with Crippen molar-refractivity contribution in [1.82, 2.24) is 10.2 Å². The Bertz CT molecular complexity index is 1740. The smallest absolute Gasteiger partial charge is 0.264 e. The average Bonchev–Trinajstić information content (AvgIpc) is 3.05. The van der Waals surface area contributed by atoms with Crippen LogP contribution in [0.1, 0.15) is 37.0 Å². The Morgan fingerprint density at radius 3 is 2.17 bits per heavy atom. The van der Waals surface area contributed by atoms with Crippen LogP contribution < -0.4 is 14.4 Å². The summed E-state index contributed by atoms with van der Waals surface area (Å²) in [4.78, 5) is 30.1. The minimum absolute atomic E-state index is 0.0168. The van der Waals surface area contributed by atoms with Crippen molar-refractivity contribution in [2.45, 2.75) is 57.1 Å². The molecule has 2 atom stereocenters. The van der Waals surface area contributed by atoms with Gasteiger partial charge in [-0.3, -0.25) is 13.9 Å². The first-order valence-electron chi connectivity index (χ1n) is 15.1. The van der Waals surface area contributed by atoms with Crippen LogP contribution in [0, 0.1) is 6.92 Å². The molecule has 0 radical (unpaired) electrons. The van der Waals surface area contributed by atoms with Crippen LogP contribution in [-0.4, -0.2) is 50.9 Å². The minimum Gasteiger partial charge on any atom is -0.495 e. The van der Waals surface area contributed by atoms with Gasteiger partial charge in [0.1, 0.15) is 18.3 Å². The van der Waals surface area contributed by atoms with Gasteiger partial charge in [0, 0.05) is 24.0 Å². The highest BCUT2D eigenvalue weighted by atomic mass is 35.5. The van der Waals surface area contributed by atoms with Crippen molar-refractivity contribution >= 4 is 39.1 Å². The van der Waals surface area contributed by atoms with Crippen LogP contribution in [0.5, 0.6) is 5.75 Å². The Labute approximate surface area is 277 Å². The number of ether oxygens (including phenoxy) is 1. The number of amides is 2. The first-order valence-corrected chi connectivity index (χ1v) is 17.0. The fourth-order valence-corrected chi connectivity index (χ4v) is 6.71. The minimum atomic E-state index is -4.26. The number of benzene rings is 4. The maximum Gasteiger partial charge on any atom is 0.264 e. The molecule has 4 aromatic rings. The lowest BCUT2D eigenvalue weighted by Gasteiger charge is -2.34. The lowest BCUT2D eigenvalue weighted by atomic mass is 10.0. The first-order chi connectivity index (χ1) is 22.0. The van der Waals surface area contributed by atoms with E-state index in [1.54, 1.807) is 54.6 Å². The number of nitrogens with one attached hydrogen (secondary N) is 1. The molecule has 0 aliphatic rings. The van der Waals surface area contributed by atoms with Crippen molar-refractivity contribution in [3.63, 3.8) is 0 Å². The van der Waals surface area contributed by atoms with Gasteiger partial charge in [-0.2, -0.15) is 0 Å². The molecule has 8 nitrogen and oxygen atoms in total. The van der Waals surface area contributed by atoms with E-state index in [2.05, 4.69) is 5.32 Å².